The molecule has 9 nitrogen and oxygen atoms in total. The number of halogens is 2. The van der Waals surface area contributed by atoms with E-state index in [0.29, 0.717) is 19.6 Å². The van der Waals surface area contributed by atoms with Crippen LogP contribution in [-0.2, 0) is 29.1 Å². The molecule has 166 valence electrons. The molecule has 0 bridgehead atoms. The second kappa shape index (κ2) is 9.21. The molecule has 0 radical (unpaired) electrons. The van der Waals surface area contributed by atoms with E-state index in [2.05, 4.69) is 0 Å². The van der Waals surface area contributed by atoms with Gasteiger partial charge in [0, 0.05) is 30.8 Å². The van der Waals surface area contributed by atoms with Gasteiger partial charge in [-0.2, -0.15) is 5.26 Å². The Balaban J connectivity index is 1.92. The molecule has 32 heavy (non-hydrogen) atoms. The molecule has 11 heteroatoms. The molecular weight excluding hydrogens is 445 g/mol. The lowest BCUT2D eigenvalue weighted by Gasteiger charge is -2.21. The topological polar surface area (TPSA) is 137 Å². The summed E-state index contributed by atoms with van der Waals surface area (Å²) >= 11 is 5.76. The SMILES string of the molecule is CN(Cc1cc2c(cc1F)CCOC2)C(=O)/C(C#N)=C(\O)c1cc(Cl)c(O)c([N+](=O)[O-])c1. The van der Waals surface area contributed by atoms with E-state index in [-0.39, 0.29) is 17.7 Å². The van der Waals surface area contributed by atoms with Gasteiger partial charge in [-0.3, -0.25) is 14.9 Å². The van der Waals surface area contributed by atoms with E-state index in [1.165, 1.54) is 13.1 Å². The Kier molecular flexibility index (Phi) is 6.62. The minimum absolute atomic E-state index is 0.199. The van der Waals surface area contributed by atoms with E-state index in [9.17, 15) is 34.8 Å². The maximum atomic E-state index is 14.5. The van der Waals surface area contributed by atoms with Crippen molar-refractivity contribution >= 4 is 29.0 Å². The van der Waals surface area contributed by atoms with E-state index >= 15 is 0 Å². The van der Waals surface area contributed by atoms with Crippen LogP contribution < -0.4 is 0 Å². The fraction of sp³-hybridized carbons (Fsp3) is 0.238. The van der Waals surface area contributed by atoms with Gasteiger partial charge in [-0.15, -0.1) is 0 Å². The number of aromatic hydroxyl groups is 1. The summed E-state index contributed by atoms with van der Waals surface area (Å²) in [6.07, 6.45) is 0.581. The van der Waals surface area contributed by atoms with Gasteiger partial charge < -0.3 is 19.8 Å². The highest BCUT2D eigenvalue weighted by molar-refractivity contribution is 6.32. The molecule has 3 rings (SSSR count). The van der Waals surface area contributed by atoms with Crippen molar-refractivity contribution in [2.75, 3.05) is 13.7 Å². The molecule has 0 spiro atoms. The number of phenols is 1. The Bertz CT molecular complexity index is 1190. The molecular formula is C21H17ClFN3O6. The van der Waals surface area contributed by atoms with Crippen LogP contribution in [0.5, 0.6) is 5.75 Å². The summed E-state index contributed by atoms with van der Waals surface area (Å²) < 4.78 is 19.9. The Hall–Kier alpha value is -3.68. The molecule has 2 aromatic carbocycles. The number of hydrogen-bond donors (Lipinski definition) is 2. The van der Waals surface area contributed by atoms with E-state index in [1.54, 1.807) is 12.1 Å². The number of nitrogens with zero attached hydrogens (tertiary/aromatic N) is 3. The molecule has 1 heterocycles. The monoisotopic (exact) mass is 461 g/mol. The standard InChI is InChI=1S/C21H17ClFN3O6/c1-25(9-13-4-14-10-32-3-2-11(14)6-17(13)23)21(29)15(8-24)19(27)12-5-16(22)20(28)18(7-12)26(30)31/h4-7,27-28H,2-3,9-10H2,1H3/b19-15-. The van der Waals surface area contributed by atoms with Crippen molar-refractivity contribution in [1.82, 2.24) is 4.90 Å². The third-order valence-corrected chi connectivity index (χ3v) is 5.26. The van der Waals surface area contributed by atoms with Crippen molar-refractivity contribution in [2.45, 2.75) is 19.6 Å². The summed E-state index contributed by atoms with van der Waals surface area (Å²) in [6, 6.07) is 6.30. The summed E-state index contributed by atoms with van der Waals surface area (Å²) in [4.78, 5) is 24.0. The number of fused-ring (bicyclic) bond motifs is 1. The van der Waals surface area contributed by atoms with Crippen LogP contribution in [0.4, 0.5) is 10.1 Å². The molecule has 1 aliphatic rings. The minimum Gasteiger partial charge on any atom is -0.506 e. The number of ether oxygens (including phenoxy) is 1. The summed E-state index contributed by atoms with van der Waals surface area (Å²) in [6.45, 7) is 0.622. The van der Waals surface area contributed by atoms with E-state index in [4.69, 9.17) is 16.3 Å². The van der Waals surface area contributed by atoms with Crippen LogP contribution >= 0.6 is 11.6 Å². The van der Waals surface area contributed by atoms with Gasteiger partial charge in [0.15, 0.2) is 5.57 Å². The van der Waals surface area contributed by atoms with Gasteiger partial charge in [0.1, 0.15) is 17.6 Å². The van der Waals surface area contributed by atoms with Crippen molar-refractivity contribution in [3.8, 4) is 11.8 Å². The van der Waals surface area contributed by atoms with Crippen molar-refractivity contribution in [3.63, 3.8) is 0 Å². The fourth-order valence-electron chi connectivity index (χ4n) is 3.29. The number of aliphatic hydroxyl groups is 1. The van der Waals surface area contributed by atoms with Crippen LogP contribution in [0, 0.1) is 27.3 Å². The summed E-state index contributed by atoms with van der Waals surface area (Å²) in [5.74, 6) is -3.14. The van der Waals surface area contributed by atoms with Crippen LogP contribution in [0.15, 0.2) is 29.8 Å². The van der Waals surface area contributed by atoms with Crippen LogP contribution in [-0.4, -0.2) is 39.6 Å². The maximum Gasteiger partial charge on any atom is 0.313 e. The first kappa shape index (κ1) is 23.0. The van der Waals surface area contributed by atoms with Gasteiger partial charge in [-0.05, 0) is 35.7 Å². The Labute approximate surface area is 186 Å². The van der Waals surface area contributed by atoms with Crippen molar-refractivity contribution in [3.05, 3.63) is 73.0 Å². The third kappa shape index (κ3) is 4.49. The smallest absolute Gasteiger partial charge is 0.313 e. The zero-order valence-electron chi connectivity index (χ0n) is 16.8. The zero-order chi connectivity index (χ0) is 23.6. The lowest BCUT2D eigenvalue weighted by Crippen LogP contribution is -2.28. The minimum atomic E-state index is -0.940. The lowest BCUT2D eigenvalue weighted by molar-refractivity contribution is -0.385. The van der Waals surface area contributed by atoms with Crippen LogP contribution in [0.1, 0.15) is 22.3 Å². The number of rotatable bonds is 5. The highest BCUT2D eigenvalue weighted by Crippen LogP contribution is 2.37. The highest BCUT2D eigenvalue weighted by Gasteiger charge is 2.25. The van der Waals surface area contributed by atoms with Crippen LogP contribution in [0.3, 0.4) is 0 Å². The Morgan fingerprint density at radius 2 is 2.09 bits per heavy atom. The summed E-state index contributed by atoms with van der Waals surface area (Å²) in [5.41, 5.74) is -0.0215. The molecule has 1 amide bonds. The first-order chi connectivity index (χ1) is 15.1. The molecule has 0 fully saturated rings. The average Bonchev–Trinajstić information content (AvgIpc) is 2.76. The summed E-state index contributed by atoms with van der Waals surface area (Å²) in [5, 5.41) is 40.2. The Morgan fingerprint density at radius 3 is 2.75 bits per heavy atom. The van der Waals surface area contributed by atoms with E-state index in [0.717, 1.165) is 28.2 Å². The number of hydrogen-bond acceptors (Lipinski definition) is 7. The number of nitriles is 1. The van der Waals surface area contributed by atoms with Crippen molar-refractivity contribution in [1.29, 1.82) is 5.26 Å². The number of benzene rings is 2. The van der Waals surface area contributed by atoms with Gasteiger partial charge >= 0.3 is 5.69 Å². The van der Waals surface area contributed by atoms with Gasteiger partial charge in [0.2, 0.25) is 5.75 Å². The van der Waals surface area contributed by atoms with Gasteiger partial charge in [-0.1, -0.05) is 11.6 Å². The van der Waals surface area contributed by atoms with Crippen LogP contribution in [0.2, 0.25) is 5.02 Å². The van der Waals surface area contributed by atoms with Gasteiger partial charge in [0.25, 0.3) is 5.91 Å². The zero-order valence-corrected chi connectivity index (χ0v) is 17.5. The number of likely N-dealkylation sites (N-methyl/N-ethyl adjacent to an activating group) is 1. The maximum absolute atomic E-state index is 14.5. The molecule has 0 aliphatic carbocycles. The number of nitro benzene ring substituents is 1. The molecule has 0 saturated heterocycles. The number of nitro groups is 1. The van der Waals surface area contributed by atoms with Crippen LogP contribution in [0.25, 0.3) is 5.76 Å². The molecule has 2 N–H and O–H groups in total. The third-order valence-electron chi connectivity index (χ3n) is 4.97. The first-order valence-electron chi connectivity index (χ1n) is 9.28. The van der Waals surface area contributed by atoms with Gasteiger partial charge in [0.05, 0.1) is 23.2 Å². The fourth-order valence-corrected chi connectivity index (χ4v) is 3.50. The molecule has 0 saturated carbocycles. The Morgan fingerprint density at radius 1 is 1.38 bits per heavy atom. The molecule has 0 unspecified atom stereocenters. The summed E-state index contributed by atoms with van der Waals surface area (Å²) in [7, 11) is 1.31. The van der Waals surface area contributed by atoms with E-state index < -0.39 is 44.4 Å². The number of carbonyl (C=O) groups is 1. The predicted molar refractivity (Wildman–Crippen MR) is 111 cm³/mol. The highest BCUT2D eigenvalue weighted by atomic mass is 35.5. The quantitative estimate of drug-likeness (QED) is 0.228. The predicted octanol–water partition coefficient (Wildman–Crippen LogP) is 3.62. The number of phenolic OH excluding ortho intramolecular Hbond substituents is 1. The normalized spacial score (nSPS) is 13.6. The second-order valence-electron chi connectivity index (χ2n) is 7.09. The molecule has 0 atom stereocenters. The average molecular weight is 462 g/mol. The largest absolute Gasteiger partial charge is 0.506 e. The van der Waals surface area contributed by atoms with E-state index in [1.807, 2.05) is 0 Å². The van der Waals surface area contributed by atoms with Crippen molar-refractivity contribution in [2.24, 2.45) is 0 Å². The number of carbonyl (C=O) groups excluding carboxylic acids is 1. The lowest BCUT2D eigenvalue weighted by atomic mass is 9.99. The molecule has 1 aliphatic heterocycles. The second-order valence-corrected chi connectivity index (χ2v) is 7.50. The molecule has 2 aromatic rings. The first-order valence-corrected chi connectivity index (χ1v) is 9.65. The van der Waals surface area contributed by atoms with Crippen molar-refractivity contribution < 1.29 is 29.1 Å². The number of aliphatic hydroxyl groups excluding tert-OH is 1. The van der Waals surface area contributed by atoms with Gasteiger partial charge in [-0.25, -0.2) is 4.39 Å². The number of amides is 1. The molecule has 0 aromatic heterocycles.